The Hall–Kier alpha value is -3.27. The van der Waals surface area contributed by atoms with Gasteiger partial charge in [0.25, 0.3) is 0 Å². The van der Waals surface area contributed by atoms with E-state index in [0.29, 0.717) is 12.5 Å². The van der Waals surface area contributed by atoms with Gasteiger partial charge in [-0.25, -0.2) is 0 Å². The third kappa shape index (κ3) is 6.10. The lowest BCUT2D eigenvalue weighted by Crippen LogP contribution is -2.37. The molecule has 1 aliphatic carbocycles. The zero-order valence-electron chi connectivity index (χ0n) is 22.1. The zero-order chi connectivity index (χ0) is 25.5. The molecule has 0 radical (unpaired) electrons. The molecule has 3 aromatic carbocycles. The fraction of sp³-hybridized carbons (Fsp3) is 0.406. The van der Waals surface area contributed by atoms with E-state index in [-0.39, 0.29) is 11.8 Å². The highest BCUT2D eigenvalue weighted by molar-refractivity contribution is 5.98. The molecule has 1 unspecified atom stereocenters. The number of ether oxygens (including phenoxy) is 2. The predicted octanol–water partition coefficient (Wildman–Crippen LogP) is 7.30. The number of hydrogen-bond acceptors (Lipinski definition) is 3. The number of carbonyl (C=O) groups is 1. The molecule has 0 spiro atoms. The molecule has 0 saturated heterocycles. The van der Waals surface area contributed by atoms with Crippen LogP contribution in [0.25, 0.3) is 0 Å². The van der Waals surface area contributed by atoms with Crippen molar-refractivity contribution in [2.24, 2.45) is 0 Å². The van der Waals surface area contributed by atoms with Crippen molar-refractivity contribution >= 4 is 11.6 Å². The lowest BCUT2D eigenvalue weighted by atomic mass is 9.81. The van der Waals surface area contributed by atoms with Crippen LogP contribution in [-0.2, 0) is 17.6 Å². The molecule has 0 bridgehead atoms. The van der Waals surface area contributed by atoms with Crippen LogP contribution in [0.3, 0.4) is 0 Å². The van der Waals surface area contributed by atoms with Crippen LogP contribution in [0.4, 0.5) is 5.69 Å². The van der Waals surface area contributed by atoms with Crippen molar-refractivity contribution in [3.05, 3.63) is 89.0 Å². The van der Waals surface area contributed by atoms with Gasteiger partial charge in [-0.15, -0.1) is 0 Å². The average Bonchev–Trinajstić information content (AvgIpc) is 2.92. The molecule has 0 aromatic heterocycles. The number of fused-ring (bicyclic) bond motifs is 1. The molecule has 4 rings (SSSR count). The Labute approximate surface area is 216 Å². The van der Waals surface area contributed by atoms with Crippen molar-refractivity contribution in [2.45, 2.75) is 64.2 Å². The number of anilines is 1. The van der Waals surface area contributed by atoms with Gasteiger partial charge in [0.15, 0.2) is 0 Å². The molecule has 4 heteroatoms. The Morgan fingerprint density at radius 1 is 0.917 bits per heavy atom. The number of benzene rings is 3. The van der Waals surface area contributed by atoms with Gasteiger partial charge in [0.2, 0.25) is 5.91 Å². The van der Waals surface area contributed by atoms with Crippen molar-refractivity contribution in [3.8, 4) is 11.5 Å². The first-order valence-electron chi connectivity index (χ1n) is 13.2. The third-order valence-electron chi connectivity index (χ3n) is 7.36. The smallest absolute Gasteiger partial charge is 0.234 e. The maximum absolute atomic E-state index is 14.1. The van der Waals surface area contributed by atoms with Gasteiger partial charge in [0.1, 0.15) is 11.5 Å². The van der Waals surface area contributed by atoms with Gasteiger partial charge in [0.05, 0.1) is 20.1 Å². The molecule has 0 aliphatic heterocycles. The minimum atomic E-state index is -0.129. The summed E-state index contributed by atoms with van der Waals surface area (Å²) in [5.41, 5.74) is 5.98. The van der Waals surface area contributed by atoms with Crippen molar-refractivity contribution < 1.29 is 14.3 Å². The zero-order valence-corrected chi connectivity index (χ0v) is 22.1. The van der Waals surface area contributed by atoms with Crippen LogP contribution in [0.1, 0.15) is 73.6 Å². The van der Waals surface area contributed by atoms with Crippen LogP contribution in [0.2, 0.25) is 0 Å². The summed E-state index contributed by atoms with van der Waals surface area (Å²) >= 11 is 0. The number of amides is 1. The largest absolute Gasteiger partial charge is 0.497 e. The van der Waals surface area contributed by atoms with Crippen LogP contribution < -0.4 is 14.4 Å². The van der Waals surface area contributed by atoms with Crippen LogP contribution >= 0.6 is 0 Å². The van der Waals surface area contributed by atoms with Crippen LogP contribution in [-0.4, -0.2) is 26.7 Å². The quantitative estimate of drug-likeness (QED) is 0.283. The van der Waals surface area contributed by atoms with E-state index in [1.165, 1.54) is 16.7 Å². The lowest BCUT2D eigenvalue weighted by Gasteiger charge is -2.31. The second-order valence-electron chi connectivity index (χ2n) is 10.1. The summed E-state index contributed by atoms with van der Waals surface area (Å²) in [6.45, 7) is 5.11. The molecule has 0 heterocycles. The van der Waals surface area contributed by atoms with E-state index in [1.54, 1.807) is 14.2 Å². The number of aryl methyl sites for hydroxylation is 2. The normalized spacial score (nSPS) is 14.9. The number of nitrogens with zero attached hydrogens (tertiary/aromatic N) is 1. The summed E-state index contributed by atoms with van der Waals surface area (Å²) in [5.74, 6) is 2.23. The molecule has 190 valence electrons. The van der Waals surface area contributed by atoms with Gasteiger partial charge in [-0.1, -0.05) is 44.2 Å². The average molecular weight is 486 g/mol. The third-order valence-corrected chi connectivity index (χ3v) is 7.36. The summed E-state index contributed by atoms with van der Waals surface area (Å²) < 4.78 is 10.8. The van der Waals surface area contributed by atoms with E-state index in [1.807, 2.05) is 23.1 Å². The minimum Gasteiger partial charge on any atom is -0.497 e. The predicted molar refractivity (Wildman–Crippen MR) is 147 cm³/mol. The molecule has 3 aromatic rings. The molecule has 4 nitrogen and oxygen atoms in total. The molecular weight excluding hydrogens is 446 g/mol. The van der Waals surface area contributed by atoms with Gasteiger partial charge in [-0.05, 0) is 103 Å². The van der Waals surface area contributed by atoms with Gasteiger partial charge < -0.3 is 14.4 Å². The van der Waals surface area contributed by atoms with Crippen LogP contribution in [0.15, 0.2) is 66.7 Å². The van der Waals surface area contributed by atoms with E-state index < -0.39 is 0 Å². The fourth-order valence-electron chi connectivity index (χ4n) is 5.15. The molecule has 1 amide bonds. The molecule has 36 heavy (non-hydrogen) atoms. The topological polar surface area (TPSA) is 38.8 Å². The molecule has 1 atom stereocenters. The highest BCUT2D eigenvalue weighted by Gasteiger charge is 2.31. The Bertz CT molecular complexity index is 1140. The van der Waals surface area contributed by atoms with Crippen molar-refractivity contribution in [1.29, 1.82) is 0 Å². The maximum atomic E-state index is 14.1. The molecule has 0 fully saturated rings. The summed E-state index contributed by atoms with van der Waals surface area (Å²) in [6.07, 6.45) is 5.89. The van der Waals surface area contributed by atoms with E-state index in [2.05, 4.69) is 62.4 Å². The summed E-state index contributed by atoms with van der Waals surface area (Å²) in [6, 6.07) is 23.0. The Kier molecular flexibility index (Phi) is 8.69. The molecule has 0 N–H and O–H groups in total. The van der Waals surface area contributed by atoms with Gasteiger partial charge in [-0.2, -0.15) is 0 Å². The standard InChI is InChI=1S/C32H39NO3/c1-23(2)25-13-16-27(17-14-25)33(21-6-5-8-24-11-18-28(35-3)19-12-24)32(34)30-10-7-9-26-15-20-29(36-4)22-31(26)30/h11-20,22-23,30H,5-10,21H2,1-4H3. The summed E-state index contributed by atoms with van der Waals surface area (Å²) in [5, 5.41) is 0. The maximum Gasteiger partial charge on any atom is 0.234 e. The van der Waals surface area contributed by atoms with Crippen LogP contribution in [0.5, 0.6) is 11.5 Å². The fourth-order valence-corrected chi connectivity index (χ4v) is 5.15. The number of carbonyl (C=O) groups excluding carboxylic acids is 1. The van der Waals surface area contributed by atoms with Gasteiger partial charge >= 0.3 is 0 Å². The summed E-state index contributed by atoms with van der Waals surface area (Å²) in [4.78, 5) is 16.1. The molecule has 0 saturated carbocycles. The highest BCUT2D eigenvalue weighted by Crippen LogP contribution is 2.36. The number of unbranched alkanes of at least 4 members (excludes halogenated alkanes) is 1. The second kappa shape index (κ2) is 12.1. The minimum absolute atomic E-state index is 0.129. The molecule has 1 aliphatic rings. The first-order chi connectivity index (χ1) is 17.5. The Morgan fingerprint density at radius 3 is 2.28 bits per heavy atom. The first-order valence-corrected chi connectivity index (χ1v) is 13.2. The highest BCUT2D eigenvalue weighted by atomic mass is 16.5. The Morgan fingerprint density at radius 2 is 1.61 bits per heavy atom. The summed E-state index contributed by atoms with van der Waals surface area (Å²) in [7, 11) is 3.38. The van der Waals surface area contributed by atoms with Crippen molar-refractivity contribution in [1.82, 2.24) is 0 Å². The van der Waals surface area contributed by atoms with Crippen molar-refractivity contribution in [2.75, 3.05) is 25.7 Å². The van der Waals surface area contributed by atoms with Gasteiger partial charge in [0, 0.05) is 12.2 Å². The van der Waals surface area contributed by atoms with Gasteiger partial charge in [-0.3, -0.25) is 4.79 Å². The molecular formula is C32H39NO3. The lowest BCUT2D eigenvalue weighted by molar-refractivity contribution is -0.120. The first kappa shape index (κ1) is 25.8. The monoisotopic (exact) mass is 485 g/mol. The number of methoxy groups -OCH3 is 2. The van der Waals surface area contributed by atoms with E-state index in [9.17, 15) is 4.79 Å². The number of rotatable bonds is 10. The van der Waals surface area contributed by atoms with Crippen molar-refractivity contribution in [3.63, 3.8) is 0 Å². The number of hydrogen-bond donors (Lipinski definition) is 0. The van der Waals surface area contributed by atoms with E-state index in [0.717, 1.165) is 61.3 Å². The Balaban J connectivity index is 1.52. The second-order valence-corrected chi connectivity index (χ2v) is 10.1. The SMILES string of the molecule is COc1ccc(CCCCN(C(=O)C2CCCc3ccc(OC)cc32)c2ccc(C(C)C)cc2)cc1. The van der Waals surface area contributed by atoms with E-state index >= 15 is 0 Å². The van der Waals surface area contributed by atoms with E-state index in [4.69, 9.17) is 9.47 Å². The van der Waals surface area contributed by atoms with Crippen LogP contribution in [0, 0.1) is 0 Å².